The minimum atomic E-state index is -0.288. The average Bonchev–Trinajstić information content (AvgIpc) is 3.15. The van der Waals surface area contributed by atoms with E-state index >= 15 is 0 Å². The summed E-state index contributed by atoms with van der Waals surface area (Å²) in [6.45, 7) is 1.08. The molecule has 0 aliphatic carbocycles. The minimum absolute atomic E-state index is 0.160. The molecule has 0 radical (unpaired) electrons. The molecule has 0 saturated heterocycles. The fraction of sp³-hybridized carbons (Fsp3) is 0.0952. The topological polar surface area (TPSA) is 71.3 Å². The van der Waals surface area contributed by atoms with Gasteiger partial charge in [0.1, 0.15) is 11.5 Å². The lowest BCUT2D eigenvalue weighted by Crippen LogP contribution is -2.28. The van der Waals surface area contributed by atoms with Crippen LogP contribution in [0, 0.1) is 5.82 Å². The van der Waals surface area contributed by atoms with Crippen molar-refractivity contribution in [3.8, 4) is 11.3 Å². The van der Waals surface area contributed by atoms with Crippen molar-refractivity contribution in [1.82, 2.24) is 19.7 Å². The van der Waals surface area contributed by atoms with Crippen LogP contribution in [0.5, 0.6) is 0 Å². The molecule has 0 bridgehead atoms. The van der Waals surface area contributed by atoms with Gasteiger partial charge in [0.25, 0.3) is 5.91 Å². The number of pyridine rings is 2. The predicted octanol–water partition coefficient (Wildman–Crippen LogP) is 3.38. The first-order valence-electron chi connectivity index (χ1n) is 8.86. The summed E-state index contributed by atoms with van der Waals surface area (Å²) in [5.41, 5.74) is 3.70. The molecule has 140 valence electrons. The van der Waals surface area contributed by atoms with Crippen LogP contribution in [0.25, 0.3) is 16.9 Å². The number of rotatable bonds is 6. The second-order valence-corrected chi connectivity index (χ2v) is 6.24. The van der Waals surface area contributed by atoms with Gasteiger partial charge in [0.15, 0.2) is 0 Å². The van der Waals surface area contributed by atoms with Crippen LogP contribution in [0.2, 0.25) is 0 Å². The van der Waals surface area contributed by atoms with E-state index in [0.717, 1.165) is 16.9 Å². The summed E-state index contributed by atoms with van der Waals surface area (Å²) < 4.78 is 14.9. The van der Waals surface area contributed by atoms with E-state index < -0.39 is 0 Å². The zero-order valence-electron chi connectivity index (χ0n) is 15.0. The molecule has 1 amide bonds. The van der Waals surface area contributed by atoms with Gasteiger partial charge in [0.2, 0.25) is 0 Å². The molecule has 28 heavy (non-hydrogen) atoms. The van der Waals surface area contributed by atoms with E-state index in [-0.39, 0.29) is 11.7 Å². The Kier molecular flexibility index (Phi) is 4.97. The van der Waals surface area contributed by atoms with E-state index in [1.807, 2.05) is 18.3 Å². The standard InChI is InChI=1S/C21H18FN5O/c22-17-6-3-15(4-7-17)19-14-27-13-16(5-8-20(27)26-19)21(28)25-11-10-24-18-2-1-9-23-12-18/h1-9,12-14,24H,10-11H2,(H,25,28). The number of nitrogens with zero attached hydrogens (tertiary/aromatic N) is 3. The zero-order chi connectivity index (χ0) is 19.3. The number of nitrogens with one attached hydrogen (secondary N) is 2. The molecule has 0 aliphatic rings. The molecule has 0 spiro atoms. The Bertz CT molecular complexity index is 1090. The second-order valence-electron chi connectivity index (χ2n) is 6.24. The molecule has 0 atom stereocenters. The van der Waals surface area contributed by atoms with Gasteiger partial charge < -0.3 is 15.0 Å². The summed E-state index contributed by atoms with van der Waals surface area (Å²) in [5.74, 6) is -0.448. The molecular weight excluding hydrogens is 357 g/mol. The number of anilines is 1. The third kappa shape index (κ3) is 3.98. The van der Waals surface area contributed by atoms with E-state index in [4.69, 9.17) is 0 Å². The first-order valence-corrected chi connectivity index (χ1v) is 8.86. The zero-order valence-corrected chi connectivity index (χ0v) is 15.0. The number of fused-ring (bicyclic) bond motifs is 1. The van der Waals surface area contributed by atoms with Crippen molar-refractivity contribution in [1.29, 1.82) is 0 Å². The van der Waals surface area contributed by atoms with Crippen LogP contribution < -0.4 is 10.6 Å². The number of carbonyl (C=O) groups excluding carboxylic acids is 1. The largest absolute Gasteiger partial charge is 0.382 e. The van der Waals surface area contributed by atoms with Crippen molar-refractivity contribution < 1.29 is 9.18 Å². The van der Waals surface area contributed by atoms with E-state index in [0.29, 0.717) is 24.3 Å². The Hall–Kier alpha value is -3.74. The van der Waals surface area contributed by atoms with Crippen LogP contribution >= 0.6 is 0 Å². The molecule has 0 saturated carbocycles. The van der Waals surface area contributed by atoms with Gasteiger partial charge >= 0.3 is 0 Å². The highest BCUT2D eigenvalue weighted by Gasteiger charge is 2.09. The molecule has 3 aromatic heterocycles. The Morgan fingerprint density at radius 2 is 1.89 bits per heavy atom. The molecule has 2 N–H and O–H groups in total. The highest BCUT2D eigenvalue weighted by Crippen LogP contribution is 2.20. The third-order valence-electron chi connectivity index (χ3n) is 4.25. The number of halogens is 1. The quantitative estimate of drug-likeness (QED) is 0.507. The molecule has 4 aromatic rings. The summed E-state index contributed by atoms with van der Waals surface area (Å²) in [7, 11) is 0. The third-order valence-corrected chi connectivity index (χ3v) is 4.25. The SMILES string of the molecule is O=C(NCCNc1cccnc1)c1ccc2nc(-c3ccc(F)cc3)cn2c1. The maximum Gasteiger partial charge on any atom is 0.252 e. The molecular formula is C21H18FN5O. The van der Waals surface area contributed by atoms with Crippen LogP contribution in [0.1, 0.15) is 10.4 Å². The molecule has 0 unspecified atom stereocenters. The van der Waals surface area contributed by atoms with Gasteiger partial charge in [0.05, 0.1) is 16.9 Å². The summed E-state index contributed by atoms with van der Waals surface area (Å²) in [6, 6.07) is 13.5. The number of hydrogen-bond donors (Lipinski definition) is 2. The van der Waals surface area contributed by atoms with Crippen molar-refractivity contribution in [2.75, 3.05) is 18.4 Å². The highest BCUT2D eigenvalue weighted by molar-refractivity contribution is 5.94. The maximum atomic E-state index is 13.1. The molecule has 0 fully saturated rings. The van der Waals surface area contributed by atoms with E-state index in [1.54, 1.807) is 47.3 Å². The van der Waals surface area contributed by atoms with Crippen LogP contribution in [-0.4, -0.2) is 33.4 Å². The fourth-order valence-corrected chi connectivity index (χ4v) is 2.84. The number of aromatic nitrogens is 3. The fourth-order valence-electron chi connectivity index (χ4n) is 2.84. The summed E-state index contributed by atoms with van der Waals surface area (Å²) in [5, 5.41) is 6.07. The Balaban J connectivity index is 1.40. The number of hydrogen-bond acceptors (Lipinski definition) is 4. The lowest BCUT2D eigenvalue weighted by Gasteiger charge is -2.08. The molecule has 3 heterocycles. The van der Waals surface area contributed by atoms with Crippen LogP contribution in [-0.2, 0) is 0 Å². The highest BCUT2D eigenvalue weighted by atomic mass is 19.1. The van der Waals surface area contributed by atoms with E-state index in [2.05, 4.69) is 20.6 Å². The lowest BCUT2D eigenvalue weighted by atomic mass is 10.2. The lowest BCUT2D eigenvalue weighted by molar-refractivity contribution is 0.0954. The molecule has 1 aromatic carbocycles. The van der Waals surface area contributed by atoms with Gasteiger partial charge in [0, 0.05) is 43.4 Å². The number of imidazole rings is 1. The number of carbonyl (C=O) groups is 1. The first-order chi connectivity index (χ1) is 13.7. The van der Waals surface area contributed by atoms with Gasteiger partial charge in [-0.15, -0.1) is 0 Å². The second kappa shape index (κ2) is 7.87. The minimum Gasteiger partial charge on any atom is -0.382 e. The Morgan fingerprint density at radius 1 is 1.04 bits per heavy atom. The normalized spacial score (nSPS) is 10.8. The Labute approximate surface area is 161 Å². The van der Waals surface area contributed by atoms with Crippen LogP contribution in [0.3, 0.4) is 0 Å². The van der Waals surface area contributed by atoms with Crippen molar-refractivity contribution in [3.05, 3.63) is 84.7 Å². The maximum absolute atomic E-state index is 13.1. The monoisotopic (exact) mass is 375 g/mol. The predicted molar refractivity (Wildman–Crippen MR) is 106 cm³/mol. The van der Waals surface area contributed by atoms with Gasteiger partial charge in [-0.1, -0.05) is 0 Å². The number of amides is 1. The van der Waals surface area contributed by atoms with E-state index in [9.17, 15) is 9.18 Å². The van der Waals surface area contributed by atoms with Gasteiger partial charge in [-0.25, -0.2) is 9.37 Å². The molecule has 6 nitrogen and oxygen atoms in total. The average molecular weight is 375 g/mol. The van der Waals surface area contributed by atoms with Gasteiger partial charge in [-0.05, 0) is 48.5 Å². The van der Waals surface area contributed by atoms with Crippen molar-refractivity contribution >= 4 is 17.2 Å². The molecule has 0 aliphatic heterocycles. The summed E-state index contributed by atoms with van der Waals surface area (Å²) in [4.78, 5) is 20.9. The first kappa shape index (κ1) is 17.7. The van der Waals surface area contributed by atoms with Crippen molar-refractivity contribution in [2.45, 2.75) is 0 Å². The van der Waals surface area contributed by atoms with Gasteiger partial charge in [-0.3, -0.25) is 9.78 Å². The van der Waals surface area contributed by atoms with E-state index in [1.165, 1.54) is 12.1 Å². The molecule has 4 rings (SSSR count). The summed E-state index contributed by atoms with van der Waals surface area (Å²) >= 11 is 0. The smallest absolute Gasteiger partial charge is 0.252 e. The Morgan fingerprint density at radius 3 is 2.68 bits per heavy atom. The summed E-state index contributed by atoms with van der Waals surface area (Å²) in [6.07, 6.45) is 7.00. The molecule has 7 heteroatoms. The number of benzene rings is 1. The van der Waals surface area contributed by atoms with Crippen LogP contribution in [0.15, 0.2) is 73.3 Å². The van der Waals surface area contributed by atoms with Crippen molar-refractivity contribution in [2.24, 2.45) is 0 Å². The van der Waals surface area contributed by atoms with Crippen LogP contribution in [0.4, 0.5) is 10.1 Å². The van der Waals surface area contributed by atoms with Crippen molar-refractivity contribution in [3.63, 3.8) is 0 Å². The van der Waals surface area contributed by atoms with Gasteiger partial charge in [-0.2, -0.15) is 0 Å².